The summed E-state index contributed by atoms with van der Waals surface area (Å²) in [4.78, 5) is 25.0. The lowest BCUT2D eigenvalue weighted by atomic mass is 10.1. The van der Waals surface area contributed by atoms with E-state index in [4.69, 9.17) is 0 Å². The van der Waals surface area contributed by atoms with Crippen LogP contribution in [0.1, 0.15) is 25.7 Å². The van der Waals surface area contributed by atoms with Crippen LogP contribution in [0.3, 0.4) is 0 Å². The summed E-state index contributed by atoms with van der Waals surface area (Å²) in [6.45, 7) is 0.671. The topological polar surface area (TPSA) is 120 Å². The quantitative estimate of drug-likeness (QED) is 0.420. The van der Waals surface area contributed by atoms with E-state index in [9.17, 15) is 18.0 Å². The normalized spacial score (nSPS) is 11.8. The molecule has 3 N–H and O–H groups in total. The van der Waals surface area contributed by atoms with Crippen LogP contribution in [0.5, 0.6) is 0 Å². The van der Waals surface area contributed by atoms with Gasteiger partial charge in [0, 0.05) is 43.6 Å². The molecule has 0 aliphatic rings. The van der Waals surface area contributed by atoms with E-state index in [1.54, 1.807) is 12.1 Å². The van der Waals surface area contributed by atoms with E-state index in [-0.39, 0.29) is 4.90 Å². The van der Waals surface area contributed by atoms with Crippen LogP contribution in [0.15, 0.2) is 50.9 Å². The van der Waals surface area contributed by atoms with Crippen molar-refractivity contribution in [1.29, 1.82) is 0 Å². The average molecular weight is 434 g/mol. The van der Waals surface area contributed by atoms with Gasteiger partial charge in [-0.15, -0.1) is 0 Å². The molecule has 3 rings (SSSR count). The molecule has 10 heteroatoms. The first-order chi connectivity index (χ1) is 14.3. The van der Waals surface area contributed by atoms with E-state index >= 15 is 0 Å². The number of rotatable bonds is 10. The molecular formula is C20H27N5O4S. The minimum Gasteiger partial charge on any atom is -0.377 e. The number of aromatic amines is 2. The zero-order valence-corrected chi connectivity index (χ0v) is 18.0. The fourth-order valence-electron chi connectivity index (χ4n) is 3.46. The second kappa shape index (κ2) is 9.31. The van der Waals surface area contributed by atoms with E-state index in [0.29, 0.717) is 31.3 Å². The van der Waals surface area contributed by atoms with Crippen molar-refractivity contribution in [3.63, 3.8) is 0 Å². The van der Waals surface area contributed by atoms with Crippen molar-refractivity contribution in [2.45, 2.75) is 37.1 Å². The Labute approximate surface area is 174 Å². The molecule has 9 nitrogen and oxygen atoms in total. The molecule has 0 spiro atoms. The van der Waals surface area contributed by atoms with Crippen LogP contribution in [0.4, 0.5) is 5.69 Å². The molecule has 0 saturated heterocycles. The molecule has 0 bridgehead atoms. The Morgan fingerprint density at radius 3 is 2.23 bits per heavy atom. The number of nitrogens with one attached hydrogen (secondary N) is 3. The number of hydrogen-bond donors (Lipinski definition) is 3. The fourth-order valence-corrected chi connectivity index (χ4v) is 4.75. The smallest absolute Gasteiger partial charge is 0.344 e. The first-order valence-corrected chi connectivity index (χ1v) is 11.4. The number of H-pyrrole nitrogens is 2. The molecule has 0 amide bonds. The number of anilines is 1. The molecule has 0 aliphatic heterocycles. The predicted octanol–water partition coefficient (Wildman–Crippen LogP) is 1.62. The molecule has 30 heavy (non-hydrogen) atoms. The maximum atomic E-state index is 12.8. The zero-order valence-electron chi connectivity index (χ0n) is 17.1. The minimum absolute atomic E-state index is 0.273. The first-order valence-electron chi connectivity index (χ1n) is 9.87. The van der Waals surface area contributed by atoms with Gasteiger partial charge in [-0.2, -0.15) is 0 Å². The van der Waals surface area contributed by atoms with Gasteiger partial charge >= 0.3 is 11.4 Å². The third-order valence-electron chi connectivity index (χ3n) is 5.00. The van der Waals surface area contributed by atoms with Gasteiger partial charge in [-0.3, -0.25) is 0 Å². The van der Waals surface area contributed by atoms with Crippen molar-refractivity contribution in [3.8, 4) is 0 Å². The Hall–Kier alpha value is -2.85. The molecule has 3 aromatic rings. The molecular weight excluding hydrogens is 406 g/mol. The number of nitrogens with zero attached hydrogens (tertiary/aromatic N) is 2. The molecule has 0 saturated carbocycles. The van der Waals surface area contributed by atoms with Crippen LogP contribution in [-0.2, 0) is 16.6 Å². The molecule has 0 aliphatic carbocycles. The molecule has 0 radical (unpaired) electrons. The summed E-state index contributed by atoms with van der Waals surface area (Å²) in [6, 6.07) is 10.9. The number of unbranched alkanes of at least 4 members (excludes halogenated alkanes) is 3. The summed E-state index contributed by atoms with van der Waals surface area (Å²) < 4.78 is 29.5. The maximum Gasteiger partial charge on any atom is 0.344 e. The molecule has 0 unspecified atom stereocenters. The first kappa shape index (κ1) is 21.8. The highest BCUT2D eigenvalue weighted by Gasteiger charge is 2.17. The monoisotopic (exact) mass is 433 g/mol. The lowest BCUT2D eigenvalue weighted by Gasteiger charge is -2.17. The second-order valence-corrected chi connectivity index (χ2v) is 9.08. The van der Waals surface area contributed by atoms with Crippen molar-refractivity contribution in [2.24, 2.45) is 0 Å². The van der Waals surface area contributed by atoms with Crippen molar-refractivity contribution in [2.75, 3.05) is 25.5 Å². The van der Waals surface area contributed by atoms with Gasteiger partial charge in [-0.05, 0) is 25.0 Å². The molecule has 162 valence electrons. The Bertz CT molecular complexity index is 1200. The number of aromatic nitrogens is 3. The number of fused-ring (bicyclic) bond motifs is 1. The number of benzene rings is 2. The van der Waals surface area contributed by atoms with Crippen LogP contribution in [0.2, 0.25) is 0 Å². The van der Waals surface area contributed by atoms with Crippen LogP contribution < -0.4 is 21.0 Å². The van der Waals surface area contributed by atoms with Gasteiger partial charge in [0.15, 0.2) is 0 Å². The second-order valence-electron chi connectivity index (χ2n) is 7.35. The zero-order chi connectivity index (χ0) is 21.7. The molecule has 2 aromatic carbocycles. The number of hydrogen-bond acceptors (Lipinski definition) is 5. The van der Waals surface area contributed by atoms with Gasteiger partial charge < -0.3 is 4.90 Å². The van der Waals surface area contributed by atoms with E-state index in [0.717, 1.165) is 28.5 Å². The molecule has 1 heterocycles. The molecule has 0 fully saturated rings. The van der Waals surface area contributed by atoms with Crippen LogP contribution in [0, 0.1) is 0 Å². The van der Waals surface area contributed by atoms with Gasteiger partial charge in [0.05, 0.1) is 4.90 Å². The standard InChI is InChI=1S/C20H27N5O4S/c1-24(2)17-11-7-10-16-15(17)9-8-12-18(16)30(28,29)21-13-5-3-4-6-14-25-19(26)22-23-20(25)27/h7-12,21H,3-6,13-14H2,1-2H3,(H,22,26)(H,23,27). The van der Waals surface area contributed by atoms with Crippen molar-refractivity contribution >= 4 is 26.5 Å². The minimum atomic E-state index is -3.63. The summed E-state index contributed by atoms with van der Waals surface area (Å²) in [5.41, 5.74) is 0.0745. The van der Waals surface area contributed by atoms with Crippen LogP contribution in [-0.4, -0.2) is 43.8 Å². The SMILES string of the molecule is CN(C)c1cccc2c(S(=O)(=O)NCCCCCCn3c(=O)[nH][nH]c3=O)cccc12. The van der Waals surface area contributed by atoms with Gasteiger partial charge in [0.1, 0.15) is 0 Å². The predicted molar refractivity (Wildman–Crippen MR) is 118 cm³/mol. The van der Waals surface area contributed by atoms with Crippen LogP contribution in [0.25, 0.3) is 10.8 Å². The van der Waals surface area contributed by atoms with Gasteiger partial charge in [-0.25, -0.2) is 37.5 Å². The Morgan fingerprint density at radius 1 is 0.900 bits per heavy atom. The van der Waals surface area contributed by atoms with Crippen molar-refractivity contribution in [3.05, 3.63) is 57.4 Å². The highest BCUT2D eigenvalue weighted by molar-refractivity contribution is 7.89. The lowest BCUT2D eigenvalue weighted by Crippen LogP contribution is -2.26. The van der Waals surface area contributed by atoms with Gasteiger partial charge in [0.25, 0.3) is 0 Å². The molecule has 1 aromatic heterocycles. The Morgan fingerprint density at radius 2 is 1.53 bits per heavy atom. The fraction of sp³-hybridized carbons (Fsp3) is 0.400. The lowest BCUT2D eigenvalue weighted by molar-refractivity contribution is 0.545. The van der Waals surface area contributed by atoms with Crippen molar-refractivity contribution < 1.29 is 8.42 Å². The third-order valence-corrected chi connectivity index (χ3v) is 6.52. The van der Waals surface area contributed by atoms with Gasteiger partial charge in [-0.1, -0.05) is 37.1 Å². The summed E-state index contributed by atoms with van der Waals surface area (Å²) in [7, 11) is 0.222. The average Bonchev–Trinajstić information content (AvgIpc) is 3.03. The Kier molecular flexibility index (Phi) is 6.78. The summed E-state index contributed by atoms with van der Waals surface area (Å²) in [5.74, 6) is 0. The van der Waals surface area contributed by atoms with Crippen LogP contribution >= 0.6 is 0 Å². The molecule has 0 atom stereocenters. The van der Waals surface area contributed by atoms with E-state index in [2.05, 4.69) is 14.9 Å². The largest absolute Gasteiger partial charge is 0.377 e. The summed E-state index contributed by atoms with van der Waals surface area (Å²) in [5, 5.41) is 6.07. The van der Waals surface area contributed by atoms with E-state index in [1.165, 1.54) is 0 Å². The maximum absolute atomic E-state index is 12.8. The summed E-state index contributed by atoms with van der Waals surface area (Å²) >= 11 is 0. The van der Waals surface area contributed by atoms with E-state index < -0.39 is 21.4 Å². The van der Waals surface area contributed by atoms with Crippen molar-refractivity contribution in [1.82, 2.24) is 19.5 Å². The van der Waals surface area contributed by atoms with Gasteiger partial charge in [0.2, 0.25) is 10.0 Å². The highest BCUT2D eigenvalue weighted by Crippen LogP contribution is 2.30. The van der Waals surface area contributed by atoms with E-state index in [1.807, 2.05) is 43.3 Å². The third kappa shape index (κ3) is 4.82. The summed E-state index contributed by atoms with van der Waals surface area (Å²) in [6.07, 6.45) is 2.93. The highest BCUT2D eigenvalue weighted by atomic mass is 32.2. The number of sulfonamides is 1. The Balaban J connectivity index is 1.55.